The van der Waals surface area contributed by atoms with Crippen molar-refractivity contribution in [3.63, 3.8) is 0 Å². The summed E-state index contributed by atoms with van der Waals surface area (Å²) in [5.41, 5.74) is 5.87. The Kier molecular flexibility index (Phi) is 4.17. The van der Waals surface area contributed by atoms with Gasteiger partial charge >= 0.3 is 0 Å². The molecule has 0 unspecified atom stereocenters. The highest BCUT2D eigenvalue weighted by atomic mass is 32.2. The van der Waals surface area contributed by atoms with Crippen molar-refractivity contribution in [2.24, 2.45) is 17.6 Å². The van der Waals surface area contributed by atoms with Gasteiger partial charge in [-0.15, -0.1) is 11.8 Å². The first-order chi connectivity index (χ1) is 10.1. The number of likely N-dealkylation sites (tertiary alicyclic amines) is 1. The molecule has 6 heteroatoms. The van der Waals surface area contributed by atoms with Crippen molar-refractivity contribution in [2.45, 2.75) is 4.90 Å². The van der Waals surface area contributed by atoms with E-state index in [1.54, 1.807) is 0 Å². The summed E-state index contributed by atoms with van der Waals surface area (Å²) in [6, 6.07) is 7.44. The largest absolute Gasteiger partial charge is 0.369 e. The smallest absolute Gasteiger partial charge is 0.255 e. The summed E-state index contributed by atoms with van der Waals surface area (Å²) in [4.78, 5) is 26.4. The Morgan fingerprint density at radius 3 is 2.57 bits per heavy atom. The van der Waals surface area contributed by atoms with Crippen LogP contribution in [0.25, 0.3) is 0 Å². The van der Waals surface area contributed by atoms with Gasteiger partial charge in [-0.3, -0.25) is 9.59 Å². The third-order valence-corrected chi connectivity index (χ3v) is 5.26. The summed E-state index contributed by atoms with van der Waals surface area (Å²) in [5.74, 6) is 1.05. The molecule has 2 heterocycles. The summed E-state index contributed by atoms with van der Waals surface area (Å²) in [5, 5.41) is 3.37. The Labute approximate surface area is 128 Å². The number of carbonyl (C=O) groups is 2. The first-order valence-corrected chi connectivity index (χ1v) is 8.14. The Hall–Kier alpha value is -1.53. The molecule has 2 aliphatic heterocycles. The first-order valence-electron chi connectivity index (χ1n) is 7.15. The quantitative estimate of drug-likeness (QED) is 0.797. The monoisotopic (exact) mass is 305 g/mol. The van der Waals surface area contributed by atoms with Crippen LogP contribution in [0.15, 0.2) is 29.2 Å². The zero-order chi connectivity index (χ0) is 14.8. The average Bonchev–Trinajstić information content (AvgIpc) is 3.05. The maximum Gasteiger partial charge on any atom is 0.255 e. The summed E-state index contributed by atoms with van der Waals surface area (Å²) in [6.07, 6.45) is 0. The van der Waals surface area contributed by atoms with Gasteiger partial charge in [-0.2, -0.15) is 0 Å². The molecule has 5 nitrogen and oxygen atoms in total. The van der Waals surface area contributed by atoms with E-state index in [0.29, 0.717) is 17.4 Å². The minimum atomic E-state index is -0.371. The number of rotatable bonds is 4. The molecule has 0 aliphatic carbocycles. The van der Waals surface area contributed by atoms with Gasteiger partial charge in [0.05, 0.1) is 11.3 Å². The fraction of sp³-hybridized carbons (Fsp3) is 0.467. The molecule has 0 radical (unpaired) electrons. The number of benzene rings is 1. The molecule has 0 saturated carbocycles. The molecular weight excluding hydrogens is 286 g/mol. The Morgan fingerprint density at radius 2 is 1.90 bits per heavy atom. The molecule has 21 heavy (non-hydrogen) atoms. The van der Waals surface area contributed by atoms with Gasteiger partial charge in [0.15, 0.2) is 0 Å². The van der Waals surface area contributed by atoms with Crippen molar-refractivity contribution in [1.29, 1.82) is 0 Å². The summed E-state index contributed by atoms with van der Waals surface area (Å²) >= 11 is 1.33. The van der Waals surface area contributed by atoms with Crippen LogP contribution in [0, 0.1) is 11.8 Å². The first kappa shape index (κ1) is 14.4. The molecule has 2 amide bonds. The maximum absolute atomic E-state index is 12.7. The fourth-order valence-electron chi connectivity index (χ4n) is 3.11. The van der Waals surface area contributed by atoms with Gasteiger partial charge in [0, 0.05) is 31.1 Å². The van der Waals surface area contributed by atoms with Crippen LogP contribution in [-0.2, 0) is 4.79 Å². The maximum atomic E-state index is 12.7. The molecule has 2 atom stereocenters. The van der Waals surface area contributed by atoms with Crippen molar-refractivity contribution in [1.82, 2.24) is 10.2 Å². The predicted molar refractivity (Wildman–Crippen MR) is 82.1 cm³/mol. The van der Waals surface area contributed by atoms with Gasteiger partial charge in [0.2, 0.25) is 5.91 Å². The summed E-state index contributed by atoms with van der Waals surface area (Å²) < 4.78 is 0. The summed E-state index contributed by atoms with van der Waals surface area (Å²) in [7, 11) is 0. The third kappa shape index (κ3) is 3.06. The second kappa shape index (κ2) is 6.07. The zero-order valence-corrected chi connectivity index (χ0v) is 12.6. The number of fused-ring (bicyclic) bond motifs is 1. The highest BCUT2D eigenvalue weighted by Crippen LogP contribution is 2.30. The lowest BCUT2D eigenvalue weighted by atomic mass is 10.0. The second-order valence-electron chi connectivity index (χ2n) is 5.64. The molecular formula is C15H19N3O2S. The lowest BCUT2D eigenvalue weighted by molar-refractivity contribution is -0.115. The summed E-state index contributed by atoms with van der Waals surface area (Å²) in [6.45, 7) is 3.66. The SMILES string of the molecule is NC(=O)CSc1ccccc1C(=O)N1C[C@H]2CNC[C@H]2C1. The number of nitrogens with two attached hydrogens (primary N) is 1. The Bertz CT molecular complexity index is 552. The van der Waals surface area contributed by atoms with Crippen LogP contribution >= 0.6 is 11.8 Å². The number of thioether (sulfide) groups is 1. The molecule has 0 spiro atoms. The molecule has 3 rings (SSSR count). The van der Waals surface area contributed by atoms with Crippen molar-refractivity contribution in [3.05, 3.63) is 29.8 Å². The van der Waals surface area contributed by atoms with E-state index in [2.05, 4.69) is 5.32 Å². The number of amides is 2. The van der Waals surface area contributed by atoms with E-state index in [4.69, 9.17) is 5.73 Å². The normalized spacial score (nSPS) is 24.1. The van der Waals surface area contributed by atoms with Crippen LogP contribution in [0.2, 0.25) is 0 Å². The van der Waals surface area contributed by atoms with E-state index in [9.17, 15) is 9.59 Å². The van der Waals surface area contributed by atoms with Crippen molar-refractivity contribution < 1.29 is 9.59 Å². The Morgan fingerprint density at radius 1 is 1.24 bits per heavy atom. The van der Waals surface area contributed by atoms with Crippen molar-refractivity contribution >= 4 is 23.6 Å². The molecule has 1 aromatic carbocycles. The van der Waals surface area contributed by atoms with Gasteiger partial charge in [0.1, 0.15) is 0 Å². The van der Waals surface area contributed by atoms with Crippen LogP contribution < -0.4 is 11.1 Å². The van der Waals surface area contributed by atoms with Crippen molar-refractivity contribution in [3.8, 4) is 0 Å². The van der Waals surface area contributed by atoms with E-state index in [1.165, 1.54) is 11.8 Å². The molecule has 2 aliphatic rings. The van der Waals surface area contributed by atoms with Crippen LogP contribution in [0.3, 0.4) is 0 Å². The lowest BCUT2D eigenvalue weighted by Crippen LogP contribution is -2.32. The molecule has 0 bridgehead atoms. The van der Waals surface area contributed by atoms with E-state index in [-0.39, 0.29) is 17.6 Å². The molecule has 2 saturated heterocycles. The number of carbonyl (C=O) groups excluding carboxylic acids is 2. The van der Waals surface area contributed by atoms with Crippen LogP contribution in [0.5, 0.6) is 0 Å². The lowest BCUT2D eigenvalue weighted by Gasteiger charge is -2.19. The van der Waals surface area contributed by atoms with E-state index in [1.807, 2.05) is 29.2 Å². The van der Waals surface area contributed by atoms with E-state index < -0.39 is 0 Å². The fourth-order valence-corrected chi connectivity index (χ4v) is 3.89. The van der Waals surface area contributed by atoms with E-state index >= 15 is 0 Å². The molecule has 2 fully saturated rings. The van der Waals surface area contributed by atoms with Gasteiger partial charge in [-0.05, 0) is 24.0 Å². The average molecular weight is 305 g/mol. The van der Waals surface area contributed by atoms with Crippen LogP contribution in [-0.4, -0.2) is 48.6 Å². The number of primary amides is 1. The topological polar surface area (TPSA) is 75.4 Å². The standard InChI is InChI=1S/C15H19N3O2S/c16-14(19)9-21-13-4-2-1-3-12(13)15(20)18-7-10-5-17-6-11(10)8-18/h1-4,10-11,17H,5-9H2,(H2,16,19)/t10-,11+. The Balaban J connectivity index is 1.74. The van der Waals surface area contributed by atoms with E-state index in [0.717, 1.165) is 31.1 Å². The second-order valence-corrected chi connectivity index (χ2v) is 6.66. The molecule has 112 valence electrons. The molecule has 0 aromatic heterocycles. The molecule has 3 N–H and O–H groups in total. The highest BCUT2D eigenvalue weighted by molar-refractivity contribution is 8.00. The zero-order valence-electron chi connectivity index (χ0n) is 11.7. The number of hydrogen-bond donors (Lipinski definition) is 2. The van der Waals surface area contributed by atoms with Gasteiger partial charge in [0.25, 0.3) is 5.91 Å². The van der Waals surface area contributed by atoms with Gasteiger partial charge in [-0.1, -0.05) is 12.1 Å². The van der Waals surface area contributed by atoms with Crippen LogP contribution in [0.4, 0.5) is 0 Å². The minimum absolute atomic E-state index is 0.0666. The van der Waals surface area contributed by atoms with Gasteiger partial charge < -0.3 is 16.0 Å². The van der Waals surface area contributed by atoms with Gasteiger partial charge in [-0.25, -0.2) is 0 Å². The van der Waals surface area contributed by atoms with Crippen LogP contribution in [0.1, 0.15) is 10.4 Å². The molecule has 1 aromatic rings. The number of nitrogens with zero attached hydrogens (tertiary/aromatic N) is 1. The minimum Gasteiger partial charge on any atom is -0.369 e. The third-order valence-electron chi connectivity index (χ3n) is 4.16. The highest BCUT2D eigenvalue weighted by Gasteiger charge is 2.38. The number of hydrogen-bond acceptors (Lipinski definition) is 4. The van der Waals surface area contributed by atoms with Crippen molar-refractivity contribution in [2.75, 3.05) is 31.9 Å². The predicted octanol–water partition coefficient (Wildman–Crippen LogP) is 0.555. The number of nitrogens with one attached hydrogen (secondary N) is 1.